The lowest BCUT2D eigenvalue weighted by Gasteiger charge is -2.34. The van der Waals surface area contributed by atoms with Crippen LogP contribution in [0.3, 0.4) is 0 Å². The molecule has 6 rings (SSSR count). The first-order valence-electron chi connectivity index (χ1n) is 18.6. The highest BCUT2D eigenvalue weighted by molar-refractivity contribution is 5.80. The Bertz CT molecular complexity index is 1570. The van der Waals surface area contributed by atoms with Gasteiger partial charge in [0.05, 0.1) is 0 Å². The minimum Gasteiger partial charge on any atom is -0.0949 e. The van der Waals surface area contributed by atoms with Gasteiger partial charge in [-0.1, -0.05) is 108 Å². The molecule has 2 aromatic carbocycles. The van der Waals surface area contributed by atoms with Crippen molar-refractivity contribution in [2.75, 3.05) is 0 Å². The van der Waals surface area contributed by atoms with E-state index in [2.05, 4.69) is 96.7 Å². The predicted molar refractivity (Wildman–Crippen MR) is 201 cm³/mol. The fourth-order valence-corrected chi connectivity index (χ4v) is 9.07. The molecule has 2 unspecified atom stereocenters. The zero-order valence-electron chi connectivity index (χ0n) is 30.0. The second-order valence-electron chi connectivity index (χ2n) is 17.0. The number of benzene rings is 2. The van der Waals surface area contributed by atoms with Crippen molar-refractivity contribution in [1.29, 1.82) is 0 Å². The summed E-state index contributed by atoms with van der Waals surface area (Å²) < 4.78 is 0. The van der Waals surface area contributed by atoms with Crippen LogP contribution in [0, 0.1) is 42.9 Å². The molecule has 0 bridgehead atoms. The number of fused-ring (bicyclic) bond motifs is 2. The summed E-state index contributed by atoms with van der Waals surface area (Å²) in [5.74, 6) is 3.11. The average molecular weight is 613 g/mol. The summed E-state index contributed by atoms with van der Waals surface area (Å²) in [6.07, 6.45) is 23.7. The largest absolute Gasteiger partial charge is 0.0949 e. The number of aryl methyl sites for hydroxylation is 3. The van der Waals surface area contributed by atoms with Gasteiger partial charge in [0.1, 0.15) is 0 Å². The monoisotopic (exact) mass is 612 g/mol. The Labute approximate surface area is 281 Å². The number of hydrogen-bond donors (Lipinski definition) is 0. The topological polar surface area (TPSA) is 0 Å². The quantitative estimate of drug-likeness (QED) is 0.250. The van der Waals surface area contributed by atoms with E-state index in [-0.39, 0.29) is 0 Å². The van der Waals surface area contributed by atoms with Gasteiger partial charge in [-0.3, -0.25) is 0 Å². The minimum atomic E-state index is 0.464. The summed E-state index contributed by atoms with van der Waals surface area (Å²) in [5.41, 5.74) is 17.9. The Morgan fingerprint density at radius 1 is 0.913 bits per heavy atom. The zero-order chi connectivity index (χ0) is 32.6. The molecule has 2 atom stereocenters. The van der Waals surface area contributed by atoms with E-state index in [1.165, 1.54) is 125 Å². The molecule has 1 fully saturated rings. The smallest absolute Gasteiger partial charge is 0.00133 e. The van der Waals surface area contributed by atoms with Crippen molar-refractivity contribution < 1.29 is 0 Å². The van der Waals surface area contributed by atoms with E-state index in [0.717, 1.165) is 31.1 Å². The van der Waals surface area contributed by atoms with Crippen molar-refractivity contribution in [3.63, 3.8) is 0 Å². The maximum Gasteiger partial charge on any atom is -0.00133 e. The first-order valence-corrected chi connectivity index (χ1v) is 18.6. The molecule has 4 aliphatic carbocycles. The third-order valence-electron chi connectivity index (χ3n) is 12.1. The first-order chi connectivity index (χ1) is 21.9. The highest BCUT2D eigenvalue weighted by atomic mass is 14.4. The lowest BCUT2D eigenvalue weighted by Crippen LogP contribution is -2.22. The summed E-state index contributed by atoms with van der Waals surface area (Å²) in [6.45, 7) is 23.4. The fourth-order valence-electron chi connectivity index (χ4n) is 9.07. The molecular formula is C46H60. The van der Waals surface area contributed by atoms with Crippen LogP contribution in [0.2, 0.25) is 0 Å². The molecule has 0 N–H and O–H groups in total. The fraction of sp³-hybridized carbons (Fsp3) is 0.522. The van der Waals surface area contributed by atoms with Crippen LogP contribution >= 0.6 is 0 Å². The van der Waals surface area contributed by atoms with Crippen molar-refractivity contribution >= 4 is 11.6 Å². The highest BCUT2D eigenvalue weighted by Gasteiger charge is 2.35. The molecule has 0 nitrogen and oxygen atoms in total. The van der Waals surface area contributed by atoms with E-state index in [4.69, 9.17) is 6.58 Å². The highest BCUT2D eigenvalue weighted by Crippen LogP contribution is 2.49. The Morgan fingerprint density at radius 3 is 2.41 bits per heavy atom. The molecule has 0 aliphatic heterocycles. The summed E-state index contributed by atoms with van der Waals surface area (Å²) in [5, 5.41) is 0. The Kier molecular flexibility index (Phi) is 9.85. The molecule has 4 aliphatic rings. The summed E-state index contributed by atoms with van der Waals surface area (Å²) in [7, 11) is 0. The van der Waals surface area contributed by atoms with Crippen LogP contribution in [-0.2, 0) is 19.3 Å². The van der Waals surface area contributed by atoms with E-state index >= 15 is 0 Å². The van der Waals surface area contributed by atoms with Crippen LogP contribution in [0.15, 0.2) is 77.9 Å². The van der Waals surface area contributed by atoms with Crippen LogP contribution in [0.5, 0.6) is 0 Å². The summed E-state index contributed by atoms with van der Waals surface area (Å²) >= 11 is 0. The average Bonchev–Trinajstić information content (AvgIpc) is 3.57. The van der Waals surface area contributed by atoms with Crippen molar-refractivity contribution in [2.45, 2.75) is 125 Å². The van der Waals surface area contributed by atoms with Gasteiger partial charge in [-0.15, -0.1) is 0 Å². The molecule has 244 valence electrons. The Balaban J connectivity index is 1.09. The molecule has 0 saturated heterocycles. The van der Waals surface area contributed by atoms with Gasteiger partial charge in [0.15, 0.2) is 0 Å². The normalized spacial score (nSPS) is 23.5. The Morgan fingerprint density at radius 2 is 1.67 bits per heavy atom. The van der Waals surface area contributed by atoms with Crippen molar-refractivity contribution in [1.82, 2.24) is 0 Å². The van der Waals surface area contributed by atoms with E-state index in [9.17, 15) is 0 Å². The summed E-state index contributed by atoms with van der Waals surface area (Å²) in [6, 6.07) is 12.0. The second kappa shape index (κ2) is 13.7. The number of hydrogen-bond acceptors (Lipinski definition) is 0. The van der Waals surface area contributed by atoms with Crippen molar-refractivity contribution in [3.8, 4) is 0 Å². The Hall–Kier alpha value is -2.86. The maximum atomic E-state index is 4.73. The molecule has 0 heterocycles. The standard InChI is InChI=1S/C46H60/c1-30(12-17-36-18-14-31(2)24-33(36)4)13-19-38-11-9-10-32(3)45(38)42-26-39-25-41-29-43(34(5)44(41)28-40(39)27-42)37-20-15-35(16-21-37)22-23-46(6,7)8/h9,11,14,18,24-26,28,30,35,37,43H,3,5,10,12-13,15-17,19-23,27,29H2,1-2,4,6-8H3. The van der Waals surface area contributed by atoms with Gasteiger partial charge in [-0.2, -0.15) is 0 Å². The molecule has 2 aromatic rings. The van der Waals surface area contributed by atoms with Gasteiger partial charge in [0.2, 0.25) is 0 Å². The molecule has 0 radical (unpaired) electrons. The van der Waals surface area contributed by atoms with Crippen molar-refractivity contribution in [2.24, 2.45) is 29.1 Å². The van der Waals surface area contributed by atoms with Crippen LogP contribution in [0.4, 0.5) is 0 Å². The predicted octanol–water partition coefficient (Wildman–Crippen LogP) is 12.9. The van der Waals surface area contributed by atoms with Gasteiger partial charge in [0.25, 0.3) is 0 Å². The van der Waals surface area contributed by atoms with Gasteiger partial charge >= 0.3 is 0 Å². The van der Waals surface area contributed by atoms with E-state index in [0.29, 0.717) is 17.3 Å². The number of rotatable bonds is 10. The maximum absolute atomic E-state index is 4.73. The van der Waals surface area contributed by atoms with Gasteiger partial charge in [0, 0.05) is 0 Å². The van der Waals surface area contributed by atoms with Crippen LogP contribution in [0.1, 0.15) is 131 Å². The molecule has 1 saturated carbocycles. The first kappa shape index (κ1) is 33.1. The molecular weight excluding hydrogens is 553 g/mol. The van der Waals surface area contributed by atoms with Gasteiger partial charge in [-0.05, 0) is 175 Å². The lowest BCUT2D eigenvalue weighted by atomic mass is 9.72. The van der Waals surface area contributed by atoms with E-state index < -0.39 is 0 Å². The third kappa shape index (κ3) is 7.48. The van der Waals surface area contributed by atoms with Gasteiger partial charge in [-0.25, -0.2) is 0 Å². The van der Waals surface area contributed by atoms with E-state index in [1.54, 1.807) is 5.56 Å². The van der Waals surface area contributed by atoms with Gasteiger partial charge < -0.3 is 0 Å². The minimum absolute atomic E-state index is 0.464. The van der Waals surface area contributed by atoms with E-state index in [1.807, 2.05) is 0 Å². The SMILES string of the molecule is C=C1CC=CC(CCC(C)CCc2ccc(C)cc2C)=C1C1=Cc2cc3c(cc2C1)C(=C)C(C1CCC(CCC(C)(C)C)CC1)C3. The zero-order valence-corrected chi connectivity index (χ0v) is 30.0. The lowest BCUT2D eigenvalue weighted by molar-refractivity contribution is 0.208. The summed E-state index contributed by atoms with van der Waals surface area (Å²) in [4.78, 5) is 0. The molecule has 0 heteroatoms. The van der Waals surface area contributed by atoms with Crippen LogP contribution in [0.25, 0.3) is 11.6 Å². The van der Waals surface area contributed by atoms with Crippen LogP contribution in [-0.4, -0.2) is 0 Å². The third-order valence-corrected chi connectivity index (χ3v) is 12.1. The van der Waals surface area contributed by atoms with Crippen LogP contribution < -0.4 is 0 Å². The second-order valence-corrected chi connectivity index (χ2v) is 17.0. The number of allylic oxidation sites excluding steroid dienone is 7. The molecule has 0 amide bonds. The molecule has 46 heavy (non-hydrogen) atoms. The van der Waals surface area contributed by atoms with Crippen molar-refractivity contribution in [3.05, 3.63) is 117 Å². The molecule has 0 aromatic heterocycles. The molecule has 0 spiro atoms.